The van der Waals surface area contributed by atoms with E-state index < -0.39 is 0 Å². The lowest BCUT2D eigenvalue weighted by molar-refractivity contribution is 0.0520. The first kappa shape index (κ1) is 15.5. The van der Waals surface area contributed by atoms with Crippen molar-refractivity contribution in [3.63, 3.8) is 0 Å². The van der Waals surface area contributed by atoms with Crippen molar-refractivity contribution in [2.45, 2.75) is 76.9 Å². The standard InChI is InChI=1S/C15H28N2O/c1-3-5-6-7-11-18-14-8-9-15(12-14,13-16)17-10-4-2/h14,17H,3-12H2,1-2H3. The van der Waals surface area contributed by atoms with Crippen LogP contribution in [0.15, 0.2) is 0 Å². The van der Waals surface area contributed by atoms with Gasteiger partial charge in [0.25, 0.3) is 0 Å². The Kier molecular flexibility index (Phi) is 7.31. The molecule has 0 bridgehead atoms. The lowest BCUT2D eigenvalue weighted by Gasteiger charge is -2.22. The molecular formula is C15H28N2O. The van der Waals surface area contributed by atoms with Crippen LogP contribution in [0.3, 0.4) is 0 Å². The molecule has 0 aromatic heterocycles. The molecule has 0 aromatic rings. The van der Waals surface area contributed by atoms with Crippen LogP contribution in [-0.2, 0) is 4.74 Å². The summed E-state index contributed by atoms with van der Waals surface area (Å²) in [5.74, 6) is 0. The maximum atomic E-state index is 9.33. The van der Waals surface area contributed by atoms with E-state index in [2.05, 4.69) is 25.2 Å². The van der Waals surface area contributed by atoms with Crippen molar-refractivity contribution >= 4 is 0 Å². The number of hydrogen-bond acceptors (Lipinski definition) is 3. The number of nitriles is 1. The zero-order valence-electron chi connectivity index (χ0n) is 12.0. The van der Waals surface area contributed by atoms with E-state index in [0.717, 1.165) is 45.3 Å². The minimum atomic E-state index is -0.315. The zero-order chi connectivity index (χ0) is 13.3. The van der Waals surface area contributed by atoms with Gasteiger partial charge in [-0.25, -0.2) is 0 Å². The van der Waals surface area contributed by atoms with Crippen molar-refractivity contribution in [1.82, 2.24) is 5.32 Å². The molecule has 0 aliphatic heterocycles. The normalized spacial score (nSPS) is 27.3. The van der Waals surface area contributed by atoms with Gasteiger partial charge in [0.05, 0.1) is 12.2 Å². The highest BCUT2D eigenvalue weighted by Gasteiger charge is 2.39. The Morgan fingerprint density at radius 2 is 2.11 bits per heavy atom. The predicted molar refractivity (Wildman–Crippen MR) is 74.4 cm³/mol. The lowest BCUT2D eigenvalue weighted by atomic mass is 9.99. The fourth-order valence-corrected chi connectivity index (χ4v) is 2.59. The van der Waals surface area contributed by atoms with Gasteiger partial charge in [0.2, 0.25) is 0 Å². The Morgan fingerprint density at radius 3 is 2.78 bits per heavy atom. The fraction of sp³-hybridized carbons (Fsp3) is 0.933. The number of unbranched alkanes of at least 4 members (excludes halogenated alkanes) is 3. The van der Waals surface area contributed by atoms with Crippen LogP contribution >= 0.6 is 0 Å². The monoisotopic (exact) mass is 252 g/mol. The van der Waals surface area contributed by atoms with Gasteiger partial charge in [-0.1, -0.05) is 33.1 Å². The first-order chi connectivity index (χ1) is 8.76. The number of rotatable bonds is 9. The second-order valence-corrected chi connectivity index (χ2v) is 5.42. The van der Waals surface area contributed by atoms with Gasteiger partial charge in [0.1, 0.15) is 5.54 Å². The molecule has 18 heavy (non-hydrogen) atoms. The summed E-state index contributed by atoms with van der Waals surface area (Å²) < 4.78 is 5.90. The number of nitrogens with zero attached hydrogens (tertiary/aromatic N) is 1. The molecule has 2 unspecified atom stereocenters. The molecular weight excluding hydrogens is 224 g/mol. The topological polar surface area (TPSA) is 45.0 Å². The summed E-state index contributed by atoms with van der Waals surface area (Å²) in [7, 11) is 0. The van der Waals surface area contributed by atoms with E-state index in [0.29, 0.717) is 0 Å². The molecule has 0 radical (unpaired) electrons. The average Bonchev–Trinajstić information content (AvgIpc) is 2.80. The van der Waals surface area contributed by atoms with Gasteiger partial charge < -0.3 is 4.74 Å². The molecule has 0 saturated heterocycles. The first-order valence-electron chi connectivity index (χ1n) is 7.54. The SMILES string of the molecule is CCCCCCOC1CCC(C#N)(NCCC)C1. The summed E-state index contributed by atoms with van der Waals surface area (Å²) >= 11 is 0. The third kappa shape index (κ3) is 4.96. The van der Waals surface area contributed by atoms with Gasteiger partial charge in [-0.3, -0.25) is 5.32 Å². The molecule has 1 N–H and O–H groups in total. The smallest absolute Gasteiger partial charge is 0.109 e. The summed E-state index contributed by atoms with van der Waals surface area (Å²) in [6.45, 7) is 6.14. The molecule has 3 nitrogen and oxygen atoms in total. The van der Waals surface area contributed by atoms with Crippen LogP contribution in [0.5, 0.6) is 0 Å². The highest BCUT2D eigenvalue weighted by molar-refractivity contribution is 5.12. The van der Waals surface area contributed by atoms with E-state index >= 15 is 0 Å². The molecule has 0 amide bonds. The third-order valence-electron chi connectivity index (χ3n) is 3.75. The van der Waals surface area contributed by atoms with Crippen LogP contribution in [0, 0.1) is 11.3 Å². The van der Waals surface area contributed by atoms with Crippen molar-refractivity contribution in [3.05, 3.63) is 0 Å². The molecule has 1 saturated carbocycles. The van der Waals surface area contributed by atoms with Crippen molar-refractivity contribution in [1.29, 1.82) is 5.26 Å². The molecule has 1 rings (SSSR count). The average molecular weight is 252 g/mol. The van der Waals surface area contributed by atoms with Gasteiger partial charge in [0, 0.05) is 13.0 Å². The summed E-state index contributed by atoms with van der Waals surface area (Å²) in [6.07, 6.45) is 9.17. The molecule has 2 atom stereocenters. The largest absolute Gasteiger partial charge is 0.378 e. The molecule has 1 fully saturated rings. The van der Waals surface area contributed by atoms with E-state index in [9.17, 15) is 5.26 Å². The minimum Gasteiger partial charge on any atom is -0.378 e. The van der Waals surface area contributed by atoms with E-state index in [1.165, 1.54) is 19.3 Å². The van der Waals surface area contributed by atoms with Gasteiger partial charge >= 0.3 is 0 Å². The molecule has 1 aliphatic rings. The van der Waals surface area contributed by atoms with Crippen molar-refractivity contribution in [3.8, 4) is 6.07 Å². The first-order valence-corrected chi connectivity index (χ1v) is 7.54. The Balaban J connectivity index is 2.20. The van der Waals surface area contributed by atoms with Crippen LogP contribution < -0.4 is 5.32 Å². The van der Waals surface area contributed by atoms with Crippen LogP contribution in [-0.4, -0.2) is 24.8 Å². The number of hydrogen-bond donors (Lipinski definition) is 1. The predicted octanol–water partition coefficient (Wildman–Crippen LogP) is 3.40. The van der Waals surface area contributed by atoms with Gasteiger partial charge in [-0.2, -0.15) is 5.26 Å². The summed E-state index contributed by atoms with van der Waals surface area (Å²) in [5.41, 5.74) is -0.315. The maximum Gasteiger partial charge on any atom is 0.109 e. The quantitative estimate of drug-likeness (QED) is 0.640. The van der Waals surface area contributed by atoms with Crippen LogP contribution in [0.2, 0.25) is 0 Å². The molecule has 0 spiro atoms. The van der Waals surface area contributed by atoms with Crippen LogP contribution in [0.4, 0.5) is 0 Å². The fourth-order valence-electron chi connectivity index (χ4n) is 2.59. The summed E-state index contributed by atoms with van der Waals surface area (Å²) in [6, 6.07) is 2.46. The zero-order valence-corrected chi connectivity index (χ0v) is 12.0. The minimum absolute atomic E-state index is 0.288. The van der Waals surface area contributed by atoms with Crippen molar-refractivity contribution in [2.24, 2.45) is 0 Å². The van der Waals surface area contributed by atoms with Gasteiger partial charge in [-0.15, -0.1) is 0 Å². The summed E-state index contributed by atoms with van der Waals surface area (Å²) in [5, 5.41) is 12.7. The molecule has 0 heterocycles. The Labute approximate surface area is 112 Å². The van der Waals surface area contributed by atoms with E-state index in [1.54, 1.807) is 0 Å². The Hall–Kier alpha value is -0.590. The number of ether oxygens (including phenoxy) is 1. The molecule has 1 aliphatic carbocycles. The Bertz CT molecular complexity index is 262. The van der Waals surface area contributed by atoms with E-state index in [1.807, 2.05) is 0 Å². The lowest BCUT2D eigenvalue weighted by Crippen LogP contribution is -2.42. The second-order valence-electron chi connectivity index (χ2n) is 5.42. The maximum absolute atomic E-state index is 9.33. The highest BCUT2D eigenvalue weighted by Crippen LogP contribution is 2.31. The molecule has 3 heteroatoms. The molecule has 0 aromatic carbocycles. The molecule has 104 valence electrons. The van der Waals surface area contributed by atoms with E-state index in [4.69, 9.17) is 4.74 Å². The van der Waals surface area contributed by atoms with Crippen molar-refractivity contribution in [2.75, 3.05) is 13.2 Å². The number of nitrogens with one attached hydrogen (secondary N) is 1. The second kappa shape index (κ2) is 8.50. The van der Waals surface area contributed by atoms with Gasteiger partial charge in [-0.05, 0) is 32.2 Å². The van der Waals surface area contributed by atoms with Crippen molar-refractivity contribution < 1.29 is 4.74 Å². The third-order valence-corrected chi connectivity index (χ3v) is 3.75. The van der Waals surface area contributed by atoms with Gasteiger partial charge in [0.15, 0.2) is 0 Å². The van der Waals surface area contributed by atoms with Crippen LogP contribution in [0.1, 0.15) is 65.2 Å². The van der Waals surface area contributed by atoms with E-state index in [-0.39, 0.29) is 11.6 Å². The Morgan fingerprint density at radius 1 is 1.28 bits per heavy atom. The summed E-state index contributed by atoms with van der Waals surface area (Å²) in [4.78, 5) is 0. The van der Waals surface area contributed by atoms with Crippen LogP contribution in [0.25, 0.3) is 0 Å². The highest BCUT2D eigenvalue weighted by atomic mass is 16.5.